The number of imidazole rings is 1. The lowest BCUT2D eigenvalue weighted by atomic mass is 10.1. The number of nitrogens with zero attached hydrogens (tertiary/aromatic N) is 2. The fourth-order valence-electron chi connectivity index (χ4n) is 2.94. The van der Waals surface area contributed by atoms with Crippen LogP contribution in [0.1, 0.15) is 28.7 Å². The summed E-state index contributed by atoms with van der Waals surface area (Å²) >= 11 is 0. The lowest BCUT2D eigenvalue weighted by Gasteiger charge is -2.10. The van der Waals surface area contributed by atoms with Crippen LogP contribution in [0.2, 0.25) is 0 Å². The Morgan fingerprint density at radius 3 is 2.62 bits per heavy atom. The minimum absolute atomic E-state index is 0.133. The molecule has 1 N–H and O–H groups in total. The number of carbonyl (C=O) groups is 1. The van der Waals surface area contributed by atoms with E-state index >= 15 is 0 Å². The Hall–Kier alpha value is -2.67. The maximum atomic E-state index is 12.6. The standard InChI is InChI=1S/C19H21N3O3S/c1-4-22-17-8-6-5-7-16(17)21-18(22)12-20-19(23)15-11-14(26(3,24)25)10-9-13(15)2/h5-11H,4,12H2,1-3H3,(H,20,23). The zero-order valence-electron chi connectivity index (χ0n) is 15.0. The molecule has 0 fully saturated rings. The highest BCUT2D eigenvalue weighted by molar-refractivity contribution is 7.90. The van der Waals surface area contributed by atoms with Crippen molar-refractivity contribution in [2.45, 2.75) is 31.8 Å². The summed E-state index contributed by atoms with van der Waals surface area (Å²) in [7, 11) is -3.37. The SMILES string of the molecule is CCn1c(CNC(=O)c2cc(S(C)(=O)=O)ccc2C)nc2ccccc21. The second-order valence-corrected chi connectivity index (χ2v) is 8.21. The zero-order valence-corrected chi connectivity index (χ0v) is 15.8. The monoisotopic (exact) mass is 371 g/mol. The van der Waals surface area contributed by atoms with Crippen LogP contribution >= 0.6 is 0 Å². The molecule has 2 aromatic carbocycles. The van der Waals surface area contributed by atoms with Crippen LogP contribution in [-0.4, -0.2) is 30.1 Å². The van der Waals surface area contributed by atoms with Gasteiger partial charge in [0.2, 0.25) is 0 Å². The first kappa shape index (κ1) is 18.1. The quantitative estimate of drug-likeness (QED) is 0.748. The molecule has 0 saturated carbocycles. The summed E-state index contributed by atoms with van der Waals surface area (Å²) in [6, 6.07) is 12.4. The van der Waals surface area contributed by atoms with Gasteiger partial charge in [-0.05, 0) is 43.7 Å². The number of nitrogens with one attached hydrogen (secondary N) is 1. The van der Waals surface area contributed by atoms with E-state index in [1.165, 1.54) is 12.1 Å². The van der Waals surface area contributed by atoms with Crippen LogP contribution < -0.4 is 5.32 Å². The van der Waals surface area contributed by atoms with E-state index in [0.717, 1.165) is 35.2 Å². The van der Waals surface area contributed by atoms with Crippen molar-refractivity contribution in [3.8, 4) is 0 Å². The molecule has 0 saturated heterocycles. The van der Waals surface area contributed by atoms with Crippen molar-refractivity contribution in [2.75, 3.05) is 6.26 Å². The molecule has 1 amide bonds. The number of amides is 1. The molecule has 0 spiro atoms. The molecule has 0 bridgehead atoms. The van der Waals surface area contributed by atoms with Gasteiger partial charge in [-0.1, -0.05) is 18.2 Å². The minimum Gasteiger partial charge on any atom is -0.345 e. The highest BCUT2D eigenvalue weighted by Crippen LogP contribution is 2.17. The molecule has 0 aliphatic carbocycles. The molecule has 0 aliphatic heterocycles. The molecule has 0 aliphatic rings. The minimum atomic E-state index is -3.37. The molecule has 0 atom stereocenters. The van der Waals surface area contributed by atoms with E-state index in [4.69, 9.17) is 0 Å². The van der Waals surface area contributed by atoms with E-state index in [1.807, 2.05) is 31.2 Å². The van der Waals surface area contributed by atoms with Crippen LogP contribution in [0.15, 0.2) is 47.4 Å². The number of hydrogen-bond acceptors (Lipinski definition) is 4. The predicted molar refractivity (Wildman–Crippen MR) is 101 cm³/mol. The summed E-state index contributed by atoms with van der Waals surface area (Å²) in [4.78, 5) is 17.3. The molecule has 1 aromatic heterocycles. The van der Waals surface area contributed by atoms with Gasteiger partial charge in [-0.2, -0.15) is 0 Å². The van der Waals surface area contributed by atoms with Gasteiger partial charge < -0.3 is 9.88 Å². The van der Waals surface area contributed by atoms with Gasteiger partial charge in [-0.3, -0.25) is 4.79 Å². The largest absolute Gasteiger partial charge is 0.345 e. The van der Waals surface area contributed by atoms with Crippen LogP contribution in [0.3, 0.4) is 0 Å². The third-order valence-electron chi connectivity index (χ3n) is 4.34. The summed E-state index contributed by atoms with van der Waals surface area (Å²) in [5.41, 5.74) is 2.98. The highest BCUT2D eigenvalue weighted by Gasteiger charge is 2.16. The molecule has 3 rings (SSSR count). The molecule has 3 aromatic rings. The van der Waals surface area contributed by atoms with Gasteiger partial charge in [0.05, 0.1) is 22.5 Å². The Bertz CT molecular complexity index is 1080. The number of aromatic nitrogens is 2. The van der Waals surface area contributed by atoms with Crippen molar-refractivity contribution in [3.63, 3.8) is 0 Å². The molecule has 1 heterocycles. The van der Waals surface area contributed by atoms with E-state index in [0.29, 0.717) is 5.56 Å². The topological polar surface area (TPSA) is 81.1 Å². The maximum Gasteiger partial charge on any atom is 0.251 e. The predicted octanol–water partition coefficient (Wildman–Crippen LogP) is 2.70. The van der Waals surface area contributed by atoms with Crippen LogP contribution in [-0.2, 0) is 22.9 Å². The van der Waals surface area contributed by atoms with Gasteiger partial charge in [0.1, 0.15) is 5.82 Å². The zero-order chi connectivity index (χ0) is 18.9. The Morgan fingerprint density at radius 2 is 1.92 bits per heavy atom. The average Bonchev–Trinajstić information content (AvgIpc) is 2.96. The van der Waals surface area contributed by atoms with Gasteiger partial charge in [0.25, 0.3) is 5.91 Å². The summed E-state index contributed by atoms with van der Waals surface area (Å²) in [5, 5.41) is 2.85. The Kier molecular flexibility index (Phi) is 4.82. The molecule has 26 heavy (non-hydrogen) atoms. The van der Waals surface area contributed by atoms with E-state index < -0.39 is 9.84 Å². The summed E-state index contributed by atoms with van der Waals surface area (Å²) < 4.78 is 25.5. The molecule has 6 nitrogen and oxygen atoms in total. The van der Waals surface area contributed by atoms with Crippen LogP contribution in [0, 0.1) is 6.92 Å². The number of rotatable bonds is 5. The molecular formula is C19H21N3O3S. The smallest absolute Gasteiger partial charge is 0.251 e. The number of aryl methyl sites for hydroxylation is 2. The molecule has 7 heteroatoms. The fraction of sp³-hybridized carbons (Fsp3) is 0.263. The Labute approximate surface area is 152 Å². The number of benzene rings is 2. The number of sulfone groups is 1. The van der Waals surface area contributed by atoms with Gasteiger partial charge in [0.15, 0.2) is 9.84 Å². The molecular weight excluding hydrogens is 350 g/mol. The molecule has 136 valence electrons. The summed E-state index contributed by atoms with van der Waals surface area (Å²) in [5.74, 6) is 0.446. The van der Waals surface area contributed by atoms with E-state index in [-0.39, 0.29) is 17.3 Å². The third kappa shape index (κ3) is 3.48. The van der Waals surface area contributed by atoms with E-state index in [9.17, 15) is 13.2 Å². The molecule has 0 radical (unpaired) electrons. The first-order chi connectivity index (χ1) is 12.3. The number of hydrogen-bond donors (Lipinski definition) is 1. The van der Waals surface area contributed by atoms with Gasteiger partial charge in [-0.15, -0.1) is 0 Å². The van der Waals surface area contributed by atoms with E-state index in [1.54, 1.807) is 13.0 Å². The Balaban J connectivity index is 1.86. The third-order valence-corrected chi connectivity index (χ3v) is 5.45. The fourth-order valence-corrected chi connectivity index (χ4v) is 3.59. The van der Waals surface area contributed by atoms with Gasteiger partial charge in [-0.25, -0.2) is 13.4 Å². The first-order valence-corrected chi connectivity index (χ1v) is 10.2. The van der Waals surface area contributed by atoms with Crippen molar-refractivity contribution >= 4 is 26.8 Å². The van der Waals surface area contributed by atoms with Crippen molar-refractivity contribution in [1.82, 2.24) is 14.9 Å². The van der Waals surface area contributed by atoms with Crippen LogP contribution in [0.4, 0.5) is 0 Å². The van der Waals surface area contributed by atoms with Crippen molar-refractivity contribution < 1.29 is 13.2 Å². The average molecular weight is 371 g/mol. The second kappa shape index (κ2) is 6.92. The second-order valence-electron chi connectivity index (χ2n) is 6.19. The lowest BCUT2D eigenvalue weighted by Crippen LogP contribution is -2.25. The van der Waals surface area contributed by atoms with Crippen LogP contribution in [0.25, 0.3) is 11.0 Å². The Morgan fingerprint density at radius 1 is 1.19 bits per heavy atom. The van der Waals surface area contributed by atoms with Gasteiger partial charge in [0, 0.05) is 18.4 Å². The van der Waals surface area contributed by atoms with Crippen LogP contribution in [0.5, 0.6) is 0 Å². The van der Waals surface area contributed by atoms with Gasteiger partial charge >= 0.3 is 0 Å². The maximum absolute atomic E-state index is 12.6. The van der Waals surface area contributed by atoms with Crippen molar-refractivity contribution in [3.05, 3.63) is 59.4 Å². The summed E-state index contributed by atoms with van der Waals surface area (Å²) in [6.07, 6.45) is 1.13. The first-order valence-electron chi connectivity index (χ1n) is 8.34. The lowest BCUT2D eigenvalue weighted by molar-refractivity contribution is 0.0948. The van der Waals surface area contributed by atoms with Crippen molar-refractivity contribution in [2.24, 2.45) is 0 Å². The van der Waals surface area contributed by atoms with Crippen molar-refractivity contribution in [1.29, 1.82) is 0 Å². The normalized spacial score (nSPS) is 11.7. The highest BCUT2D eigenvalue weighted by atomic mass is 32.2. The number of fused-ring (bicyclic) bond motifs is 1. The molecule has 0 unspecified atom stereocenters. The number of para-hydroxylation sites is 2. The summed E-state index contributed by atoms with van der Waals surface area (Å²) in [6.45, 7) is 4.82. The van der Waals surface area contributed by atoms with E-state index in [2.05, 4.69) is 14.9 Å². The number of carbonyl (C=O) groups excluding carboxylic acids is 1.